The van der Waals surface area contributed by atoms with Crippen molar-refractivity contribution in [1.82, 2.24) is 9.80 Å². The van der Waals surface area contributed by atoms with Gasteiger partial charge in [-0.15, -0.1) is 11.3 Å². The molecule has 3 rings (SSSR count). The van der Waals surface area contributed by atoms with Crippen LogP contribution in [-0.2, 0) is 6.54 Å². The number of aryl methyl sites for hydroxylation is 2. The fraction of sp³-hybridized carbons (Fsp3) is 0.471. The maximum Gasteiger partial charge on any atom is 0.257 e. The summed E-state index contributed by atoms with van der Waals surface area (Å²) < 4.78 is 5.59. The van der Waals surface area contributed by atoms with E-state index in [2.05, 4.69) is 22.4 Å². The highest BCUT2D eigenvalue weighted by Crippen LogP contribution is 2.23. The maximum atomic E-state index is 12.7. The van der Waals surface area contributed by atoms with Crippen LogP contribution in [0, 0.1) is 20.8 Å². The van der Waals surface area contributed by atoms with E-state index in [0.29, 0.717) is 0 Å². The van der Waals surface area contributed by atoms with Gasteiger partial charge >= 0.3 is 0 Å². The molecule has 0 bridgehead atoms. The van der Waals surface area contributed by atoms with Crippen LogP contribution in [-0.4, -0.2) is 41.9 Å². The molecule has 0 aliphatic carbocycles. The first kappa shape index (κ1) is 15.3. The van der Waals surface area contributed by atoms with Gasteiger partial charge in [-0.3, -0.25) is 9.69 Å². The lowest BCUT2D eigenvalue weighted by Crippen LogP contribution is -2.48. The quantitative estimate of drug-likeness (QED) is 0.872. The number of thiophene rings is 1. The van der Waals surface area contributed by atoms with E-state index in [4.69, 9.17) is 4.42 Å². The predicted octanol–water partition coefficient (Wildman–Crippen LogP) is 3.22. The zero-order valence-electron chi connectivity index (χ0n) is 13.4. The summed E-state index contributed by atoms with van der Waals surface area (Å²) in [7, 11) is 0. The molecule has 4 nitrogen and oxygen atoms in total. The number of hydrogen-bond acceptors (Lipinski definition) is 4. The van der Waals surface area contributed by atoms with Crippen LogP contribution >= 0.6 is 11.3 Å². The molecule has 0 atom stereocenters. The topological polar surface area (TPSA) is 36.7 Å². The van der Waals surface area contributed by atoms with Crippen LogP contribution in [0.5, 0.6) is 0 Å². The number of rotatable bonds is 3. The van der Waals surface area contributed by atoms with Gasteiger partial charge in [0.05, 0.1) is 5.56 Å². The molecule has 1 saturated heterocycles. The molecule has 2 aromatic heterocycles. The fourth-order valence-corrected chi connectivity index (χ4v) is 3.74. The lowest BCUT2D eigenvalue weighted by Gasteiger charge is -2.34. The monoisotopic (exact) mass is 318 g/mol. The Kier molecular flexibility index (Phi) is 4.36. The van der Waals surface area contributed by atoms with Crippen molar-refractivity contribution in [3.8, 4) is 0 Å². The Balaban J connectivity index is 1.62. The third kappa shape index (κ3) is 2.96. The smallest absolute Gasteiger partial charge is 0.257 e. The van der Waals surface area contributed by atoms with Crippen molar-refractivity contribution in [1.29, 1.82) is 0 Å². The molecular formula is C17H22N2O2S. The normalized spacial score (nSPS) is 16.2. The Morgan fingerprint density at radius 2 is 1.91 bits per heavy atom. The Bertz CT molecular complexity index is 653. The lowest BCUT2D eigenvalue weighted by atomic mass is 10.1. The SMILES string of the molecule is Cc1oc(C)c(C(=O)N2CCN(Cc3cccs3)CC2)c1C. The van der Waals surface area contributed by atoms with Crippen LogP contribution in [0.15, 0.2) is 21.9 Å². The molecular weight excluding hydrogens is 296 g/mol. The highest BCUT2D eigenvalue weighted by atomic mass is 32.1. The number of nitrogens with zero attached hydrogens (tertiary/aromatic N) is 2. The van der Waals surface area contributed by atoms with E-state index >= 15 is 0 Å². The third-order valence-electron chi connectivity index (χ3n) is 4.39. The minimum atomic E-state index is 0.114. The van der Waals surface area contributed by atoms with Crippen molar-refractivity contribution in [3.05, 3.63) is 45.0 Å². The number of carbonyl (C=O) groups is 1. The maximum absolute atomic E-state index is 12.7. The average Bonchev–Trinajstić information content (AvgIpc) is 3.08. The molecule has 1 amide bonds. The number of hydrogen-bond donors (Lipinski definition) is 0. The number of piperazine rings is 1. The van der Waals surface area contributed by atoms with E-state index in [1.807, 2.05) is 25.7 Å². The first-order valence-electron chi connectivity index (χ1n) is 7.67. The summed E-state index contributed by atoms with van der Waals surface area (Å²) in [4.78, 5) is 18.5. The molecule has 1 fully saturated rings. The minimum absolute atomic E-state index is 0.114. The number of furan rings is 1. The predicted molar refractivity (Wildman–Crippen MR) is 88.4 cm³/mol. The molecule has 0 spiro atoms. The standard InChI is InChI=1S/C17H22N2O2S/c1-12-13(2)21-14(3)16(12)17(20)19-8-6-18(7-9-19)11-15-5-4-10-22-15/h4-5,10H,6-9,11H2,1-3H3. The molecule has 3 heterocycles. The van der Waals surface area contributed by atoms with Crippen molar-refractivity contribution in [2.24, 2.45) is 0 Å². The number of carbonyl (C=O) groups excluding carboxylic acids is 1. The van der Waals surface area contributed by atoms with Gasteiger partial charge < -0.3 is 9.32 Å². The van der Waals surface area contributed by atoms with E-state index < -0.39 is 0 Å². The summed E-state index contributed by atoms with van der Waals surface area (Å²) in [5.74, 6) is 1.70. The van der Waals surface area contributed by atoms with Gasteiger partial charge in [0, 0.05) is 43.2 Å². The first-order chi connectivity index (χ1) is 10.6. The first-order valence-corrected chi connectivity index (χ1v) is 8.55. The van der Waals surface area contributed by atoms with E-state index in [1.165, 1.54) is 4.88 Å². The summed E-state index contributed by atoms with van der Waals surface area (Å²) in [6.07, 6.45) is 0. The van der Waals surface area contributed by atoms with Crippen LogP contribution < -0.4 is 0 Å². The van der Waals surface area contributed by atoms with Crippen molar-refractivity contribution in [3.63, 3.8) is 0 Å². The number of amides is 1. The van der Waals surface area contributed by atoms with E-state index in [-0.39, 0.29) is 5.91 Å². The lowest BCUT2D eigenvalue weighted by molar-refractivity contribution is 0.0627. The molecule has 5 heteroatoms. The molecule has 2 aromatic rings. The molecule has 1 aliphatic heterocycles. The highest BCUT2D eigenvalue weighted by molar-refractivity contribution is 7.09. The van der Waals surface area contributed by atoms with Crippen molar-refractivity contribution in [2.45, 2.75) is 27.3 Å². The summed E-state index contributed by atoms with van der Waals surface area (Å²) in [6.45, 7) is 10.2. The highest BCUT2D eigenvalue weighted by Gasteiger charge is 2.26. The molecule has 118 valence electrons. The summed E-state index contributed by atoms with van der Waals surface area (Å²) in [6, 6.07) is 4.26. The van der Waals surface area contributed by atoms with Crippen LogP contribution in [0.25, 0.3) is 0 Å². The molecule has 1 aliphatic rings. The van der Waals surface area contributed by atoms with Crippen molar-refractivity contribution >= 4 is 17.2 Å². The van der Waals surface area contributed by atoms with Gasteiger partial charge in [-0.2, -0.15) is 0 Å². The van der Waals surface area contributed by atoms with Crippen LogP contribution in [0.3, 0.4) is 0 Å². The molecule has 0 aromatic carbocycles. The van der Waals surface area contributed by atoms with Gasteiger partial charge in [0.25, 0.3) is 5.91 Å². The van der Waals surface area contributed by atoms with Gasteiger partial charge in [0.15, 0.2) is 0 Å². The van der Waals surface area contributed by atoms with Crippen LogP contribution in [0.1, 0.15) is 32.3 Å². The zero-order valence-corrected chi connectivity index (χ0v) is 14.2. The van der Waals surface area contributed by atoms with Crippen molar-refractivity contribution in [2.75, 3.05) is 26.2 Å². The second-order valence-electron chi connectivity index (χ2n) is 5.86. The van der Waals surface area contributed by atoms with Gasteiger partial charge in [-0.05, 0) is 32.2 Å². The summed E-state index contributed by atoms with van der Waals surface area (Å²) in [5, 5.41) is 2.11. The van der Waals surface area contributed by atoms with Gasteiger partial charge in [-0.25, -0.2) is 0 Å². The van der Waals surface area contributed by atoms with Crippen LogP contribution in [0.2, 0.25) is 0 Å². The Labute approximate surface area is 135 Å². The van der Waals surface area contributed by atoms with E-state index in [1.54, 1.807) is 11.3 Å². The molecule has 0 radical (unpaired) electrons. The minimum Gasteiger partial charge on any atom is -0.466 e. The second kappa shape index (κ2) is 6.26. The molecule has 0 unspecified atom stereocenters. The largest absolute Gasteiger partial charge is 0.466 e. The van der Waals surface area contributed by atoms with Gasteiger partial charge in [-0.1, -0.05) is 6.07 Å². The Morgan fingerprint density at radius 1 is 1.18 bits per heavy atom. The van der Waals surface area contributed by atoms with E-state index in [9.17, 15) is 4.79 Å². The van der Waals surface area contributed by atoms with Gasteiger partial charge in [0.2, 0.25) is 0 Å². The van der Waals surface area contributed by atoms with E-state index in [0.717, 1.165) is 55.4 Å². The summed E-state index contributed by atoms with van der Waals surface area (Å²) in [5.41, 5.74) is 1.73. The zero-order chi connectivity index (χ0) is 15.7. The van der Waals surface area contributed by atoms with Gasteiger partial charge in [0.1, 0.15) is 11.5 Å². The third-order valence-corrected chi connectivity index (χ3v) is 5.26. The fourth-order valence-electron chi connectivity index (χ4n) is 3.00. The molecule has 22 heavy (non-hydrogen) atoms. The Hall–Kier alpha value is -1.59. The van der Waals surface area contributed by atoms with Crippen LogP contribution in [0.4, 0.5) is 0 Å². The molecule has 0 saturated carbocycles. The Morgan fingerprint density at radius 3 is 2.45 bits per heavy atom. The molecule has 0 N–H and O–H groups in total. The summed E-state index contributed by atoms with van der Waals surface area (Å²) >= 11 is 1.79. The average molecular weight is 318 g/mol. The van der Waals surface area contributed by atoms with Crippen molar-refractivity contribution < 1.29 is 9.21 Å². The second-order valence-corrected chi connectivity index (χ2v) is 6.89.